The van der Waals surface area contributed by atoms with E-state index in [0.717, 1.165) is 17.7 Å². The molecule has 0 bridgehead atoms. The Kier molecular flexibility index (Phi) is 3.96. The number of nitrogens with one attached hydrogen (secondary N) is 1. The van der Waals surface area contributed by atoms with E-state index < -0.39 is 0 Å². The molecule has 3 rings (SSSR count). The number of thiazole rings is 1. The maximum atomic E-state index is 12.1. The zero-order chi connectivity index (χ0) is 14.7. The van der Waals surface area contributed by atoms with Crippen LogP contribution in [0.2, 0.25) is 0 Å². The average molecular weight is 301 g/mol. The van der Waals surface area contributed by atoms with Crippen LogP contribution in [-0.4, -0.2) is 16.6 Å². The monoisotopic (exact) mass is 301 g/mol. The summed E-state index contributed by atoms with van der Waals surface area (Å²) >= 11 is 1.42. The normalized spacial score (nSPS) is 17.2. The first kappa shape index (κ1) is 13.8. The number of benzene rings is 1. The van der Waals surface area contributed by atoms with Crippen LogP contribution in [-0.2, 0) is 16.1 Å². The zero-order valence-electron chi connectivity index (χ0n) is 11.6. The van der Waals surface area contributed by atoms with E-state index in [9.17, 15) is 4.79 Å². The molecule has 5 nitrogen and oxygen atoms in total. The molecule has 0 fully saturated rings. The summed E-state index contributed by atoms with van der Waals surface area (Å²) in [6, 6.07) is 9.77. The largest absolute Gasteiger partial charge is 0.387 e. The van der Waals surface area contributed by atoms with Crippen molar-refractivity contribution < 1.29 is 9.63 Å². The molecule has 0 aliphatic carbocycles. The van der Waals surface area contributed by atoms with Crippen molar-refractivity contribution in [3.8, 4) is 0 Å². The van der Waals surface area contributed by atoms with Crippen molar-refractivity contribution in [3.63, 3.8) is 0 Å². The number of hydrogen-bond acceptors (Lipinski definition) is 5. The van der Waals surface area contributed by atoms with Crippen molar-refractivity contribution in [1.82, 2.24) is 4.98 Å². The summed E-state index contributed by atoms with van der Waals surface area (Å²) in [6.07, 6.45) is 1.14. The second-order valence-corrected chi connectivity index (χ2v) is 5.56. The van der Waals surface area contributed by atoms with Gasteiger partial charge in [0.15, 0.2) is 11.2 Å². The van der Waals surface area contributed by atoms with E-state index in [4.69, 9.17) is 4.84 Å². The van der Waals surface area contributed by atoms with Crippen LogP contribution in [0.5, 0.6) is 0 Å². The van der Waals surface area contributed by atoms with E-state index in [-0.39, 0.29) is 12.0 Å². The van der Waals surface area contributed by atoms with Gasteiger partial charge in [-0.1, -0.05) is 42.4 Å². The first-order valence-electron chi connectivity index (χ1n) is 6.79. The number of oxime groups is 1. The van der Waals surface area contributed by atoms with E-state index in [1.165, 1.54) is 11.3 Å². The molecule has 1 aliphatic rings. The second kappa shape index (κ2) is 6.05. The number of amides is 1. The highest BCUT2D eigenvalue weighted by atomic mass is 32.1. The predicted octanol–water partition coefficient (Wildman–Crippen LogP) is 3.16. The fourth-order valence-corrected chi connectivity index (χ4v) is 2.84. The maximum absolute atomic E-state index is 12.1. The Morgan fingerprint density at radius 2 is 2.24 bits per heavy atom. The highest BCUT2D eigenvalue weighted by molar-refractivity contribution is 7.14. The molecule has 2 aromatic rings. The highest BCUT2D eigenvalue weighted by Gasteiger charge is 2.27. The predicted molar refractivity (Wildman–Crippen MR) is 82.4 cm³/mol. The van der Waals surface area contributed by atoms with Gasteiger partial charge in [0.1, 0.15) is 5.71 Å². The van der Waals surface area contributed by atoms with Crippen molar-refractivity contribution in [2.45, 2.75) is 25.9 Å². The minimum atomic E-state index is -0.245. The molecule has 1 amide bonds. The molecule has 6 heteroatoms. The Labute approximate surface area is 126 Å². The number of carbonyl (C=O) groups excluding carboxylic acids is 1. The minimum absolute atomic E-state index is 0.186. The first-order chi connectivity index (χ1) is 10.3. The molecule has 108 valence electrons. The molecule has 0 unspecified atom stereocenters. The number of carbonyl (C=O) groups is 1. The highest BCUT2D eigenvalue weighted by Crippen LogP contribution is 2.27. The number of aryl methyl sites for hydroxylation is 1. The van der Waals surface area contributed by atoms with E-state index in [1.54, 1.807) is 0 Å². The van der Waals surface area contributed by atoms with Gasteiger partial charge in [-0.05, 0) is 12.0 Å². The molecular formula is C15H15N3O2S. The SMILES string of the molecule is CCc1csc(NC(=O)C2=NO[C@@H](c3ccccc3)C2)n1. The molecule has 0 saturated carbocycles. The Balaban J connectivity index is 1.62. The lowest BCUT2D eigenvalue weighted by molar-refractivity contribution is -0.110. The molecular weight excluding hydrogens is 286 g/mol. The van der Waals surface area contributed by atoms with Crippen LogP contribution >= 0.6 is 11.3 Å². The van der Waals surface area contributed by atoms with E-state index >= 15 is 0 Å². The summed E-state index contributed by atoms with van der Waals surface area (Å²) in [6.45, 7) is 2.03. The van der Waals surface area contributed by atoms with Gasteiger partial charge in [0.05, 0.1) is 5.69 Å². The number of hydrogen-bond donors (Lipinski definition) is 1. The Hall–Kier alpha value is -2.21. The number of rotatable bonds is 4. The minimum Gasteiger partial charge on any atom is -0.387 e. The van der Waals surface area contributed by atoms with E-state index in [1.807, 2.05) is 42.6 Å². The van der Waals surface area contributed by atoms with Gasteiger partial charge in [-0.25, -0.2) is 4.98 Å². The summed E-state index contributed by atoms with van der Waals surface area (Å²) in [7, 11) is 0. The third kappa shape index (κ3) is 3.11. The molecule has 1 N–H and O–H groups in total. The fourth-order valence-electron chi connectivity index (χ4n) is 2.05. The average Bonchev–Trinajstić information content (AvgIpc) is 3.17. The molecule has 0 spiro atoms. The number of anilines is 1. The second-order valence-electron chi connectivity index (χ2n) is 4.70. The van der Waals surface area contributed by atoms with Gasteiger partial charge in [0, 0.05) is 11.8 Å². The zero-order valence-corrected chi connectivity index (χ0v) is 12.4. The van der Waals surface area contributed by atoms with Crippen LogP contribution < -0.4 is 5.32 Å². The Bertz CT molecular complexity index is 667. The van der Waals surface area contributed by atoms with Crippen molar-refractivity contribution in [2.75, 3.05) is 5.32 Å². The first-order valence-corrected chi connectivity index (χ1v) is 7.67. The summed E-state index contributed by atoms with van der Waals surface area (Å²) in [5.41, 5.74) is 2.39. The van der Waals surface area contributed by atoms with Crippen LogP contribution in [0.4, 0.5) is 5.13 Å². The molecule has 0 radical (unpaired) electrons. The van der Waals surface area contributed by atoms with E-state index in [0.29, 0.717) is 17.3 Å². The fraction of sp³-hybridized carbons (Fsp3) is 0.267. The Morgan fingerprint density at radius 1 is 1.43 bits per heavy atom. The van der Waals surface area contributed by atoms with Gasteiger partial charge in [0.2, 0.25) is 0 Å². The third-order valence-electron chi connectivity index (χ3n) is 3.24. The van der Waals surface area contributed by atoms with Crippen LogP contribution in [0, 0.1) is 0 Å². The molecule has 1 atom stereocenters. The van der Waals surface area contributed by atoms with Gasteiger partial charge < -0.3 is 4.84 Å². The summed E-state index contributed by atoms with van der Waals surface area (Å²) < 4.78 is 0. The molecule has 21 heavy (non-hydrogen) atoms. The molecule has 0 saturated heterocycles. The summed E-state index contributed by atoms with van der Waals surface area (Å²) in [4.78, 5) is 21.8. The van der Waals surface area contributed by atoms with Gasteiger partial charge in [-0.2, -0.15) is 0 Å². The number of aromatic nitrogens is 1. The maximum Gasteiger partial charge on any atom is 0.275 e. The molecule has 1 aromatic heterocycles. The van der Waals surface area contributed by atoms with Crippen molar-refractivity contribution in [3.05, 3.63) is 47.0 Å². The lowest BCUT2D eigenvalue weighted by atomic mass is 10.0. The van der Waals surface area contributed by atoms with Crippen LogP contribution in [0.25, 0.3) is 0 Å². The molecule has 2 heterocycles. The van der Waals surface area contributed by atoms with Crippen LogP contribution in [0.3, 0.4) is 0 Å². The van der Waals surface area contributed by atoms with Crippen molar-refractivity contribution >= 4 is 28.1 Å². The smallest absolute Gasteiger partial charge is 0.275 e. The van der Waals surface area contributed by atoms with Gasteiger partial charge in [0.25, 0.3) is 5.91 Å². The topological polar surface area (TPSA) is 63.6 Å². The summed E-state index contributed by atoms with van der Waals surface area (Å²) in [5, 5.41) is 9.21. The van der Waals surface area contributed by atoms with Crippen molar-refractivity contribution in [1.29, 1.82) is 0 Å². The molecule has 1 aromatic carbocycles. The molecule has 1 aliphatic heterocycles. The van der Waals surface area contributed by atoms with Crippen molar-refractivity contribution in [2.24, 2.45) is 5.16 Å². The van der Waals surface area contributed by atoms with E-state index in [2.05, 4.69) is 15.5 Å². The lowest BCUT2D eigenvalue weighted by Gasteiger charge is -2.07. The summed E-state index contributed by atoms with van der Waals surface area (Å²) in [5.74, 6) is -0.245. The third-order valence-corrected chi connectivity index (χ3v) is 4.04. The van der Waals surface area contributed by atoms with Gasteiger partial charge in [-0.15, -0.1) is 11.3 Å². The van der Waals surface area contributed by atoms with Crippen LogP contribution in [0.15, 0.2) is 40.9 Å². The quantitative estimate of drug-likeness (QED) is 0.943. The Morgan fingerprint density at radius 3 is 2.95 bits per heavy atom. The van der Waals surface area contributed by atoms with Gasteiger partial charge in [-0.3, -0.25) is 10.1 Å². The standard InChI is InChI=1S/C15H15N3O2S/c1-2-11-9-21-15(16-11)17-14(19)12-8-13(20-18-12)10-6-4-3-5-7-10/h3-7,9,13H,2,8H2,1H3,(H,16,17,19)/t13-/m1/s1. The van der Waals surface area contributed by atoms with Gasteiger partial charge >= 0.3 is 0 Å². The van der Waals surface area contributed by atoms with Crippen LogP contribution in [0.1, 0.15) is 30.7 Å². The number of nitrogens with zero attached hydrogens (tertiary/aromatic N) is 2. The lowest BCUT2D eigenvalue weighted by Crippen LogP contribution is -2.21.